The number of methoxy groups -OCH3 is 1. The number of epoxide rings is 1. The van der Waals surface area contributed by atoms with Crippen molar-refractivity contribution < 1.29 is 18.7 Å². The summed E-state index contributed by atoms with van der Waals surface area (Å²) < 4.78 is 17.0. The van der Waals surface area contributed by atoms with Crippen LogP contribution in [0.15, 0.2) is 36.6 Å². The number of esters is 1. The molecular weight excluding hydrogens is 344 g/mol. The molecule has 1 aromatic carbocycles. The largest absolute Gasteiger partial charge is 0.544 e. The molecule has 1 saturated heterocycles. The van der Waals surface area contributed by atoms with Crippen LogP contribution in [-0.2, 0) is 18.7 Å². The van der Waals surface area contributed by atoms with Crippen molar-refractivity contribution in [3.63, 3.8) is 0 Å². The van der Waals surface area contributed by atoms with Crippen LogP contribution < -0.4 is 0 Å². The highest BCUT2D eigenvalue weighted by atomic mass is 35.5. The summed E-state index contributed by atoms with van der Waals surface area (Å²) in [5, 5.41) is 0.608. The van der Waals surface area contributed by atoms with Gasteiger partial charge in [-0.05, 0) is 35.8 Å². The SMILES string of the molecule is C=C(O[Si](C)(C)C(C)(C)C)[C@]1(C(=O)OC)O[C@H]1c1ccc(Cl)cc1. The third kappa shape index (κ3) is 3.25. The first-order chi connectivity index (χ1) is 11.0. The Morgan fingerprint density at radius 2 is 1.83 bits per heavy atom. The maximum absolute atomic E-state index is 12.4. The van der Waals surface area contributed by atoms with E-state index in [1.165, 1.54) is 7.11 Å². The van der Waals surface area contributed by atoms with Crippen LogP contribution in [0.25, 0.3) is 0 Å². The van der Waals surface area contributed by atoms with E-state index in [9.17, 15) is 4.79 Å². The van der Waals surface area contributed by atoms with Gasteiger partial charge in [0.2, 0.25) is 8.32 Å². The highest BCUT2D eigenvalue weighted by molar-refractivity contribution is 6.74. The molecule has 132 valence electrons. The van der Waals surface area contributed by atoms with Gasteiger partial charge in [-0.2, -0.15) is 0 Å². The molecule has 0 N–H and O–H groups in total. The fraction of sp³-hybridized carbons (Fsp3) is 0.500. The average Bonchev–Trinajstić information content (AvgIpc) is 3.22. The fourth-order valence-electron chi connectivity index (χ4n) is 2.26. The second-order valence-electron chi connectivity index (χ2n) is 7.56. The molecule has 1 fully saturated rings. The molecule has 1 aromatic rings. The molecule has 0 spiro atoms. The van der Waals surface area contributed by atoms with E-state index >= 15 is 0 Å². The third-order valence-electron chi connectivity index (χ3n) is 4.88. The summed E-state index contributed by atoms with van der Waals surface area (Å²) in [5.74, 6) is -0.174. The average molecular weight is 369 g/mol. The van der Waals surface area contributed by atoms with Crippen molar-refractivity contribution >= 4 is 25.9 Å². The minimum atomic E-state index is -2.14. The van der Waals surface area contributed by atoms with Gasteiger partial charge >= 0.3 is 5.97 Å². The van der Waals surface area contributed by atoms with Crippen LogP contribution >= 0.6 is 11.6 Å². The van der Waals surface area contributed by atoms with E-state index in [1.54, 1.807) is 12.1 Å². The van der Waals surface area contributed by atoms with Crippen LogP contribution in [0.2, 0.25) is 23.2 Å². The monoisotopic (exact) mass is 368 g/mol. The van der Waals surface area contributed by atoms with Gasteiger partial charge in [-0.15, -0.1) is 0 Å². The number of ether oxygens (including phenoxy) is 2. The number of hydrogen-bond donors (Lipinski definition) is 0. The summed E-state index contributed by atoms with van der Waals surface area (Å²) >= 11 is 5.93. The number of rotatable bonds is 5. The minimum absolute atomic E-state index is 0.0160. The van der Waals surface area contributed by atoms with E-state index < -0.39 is 26.0 Å². The first-order valence-corrected chi connectivity index (χ1v) is 11.1. The first-order valence-electron chi connectivity index (χ1n) is 7.86. The van der Waals surface area contributed by atoms with Gasteiger partial charge in [0.25, 0.3) is 5.60 Å². The molecule has 0 bridgehead atoms. The topological polar surface area (TPSA) is 48.1 Å². The molecule has 0 aliphatic carbocycles. The lowest BCUT2D eigenvalue weighted by atomic mass is 9.98. The Kier molecular flexibility index (Phi) is 4.92. The van der Waals surface area contributed by atoms with Gasteiger partial charge in [0.05, 0.1) is 7.11 Å². The van der Waals surface area contributed by atoms with Crippen LogP contribution in [0.3, 0.4) is 0 Å². The van der Waals surface area contributed by atoms with Gasteiger partial charge in [0.15, 0.2) is 0 Å². The Balaban J connectivity index is 2.30. The zero-order valence-electron chi connectivity index (χ0n) is 15.1. The zero-order valence-corrected chi connectivity index (χ0v) is 16.9. The highest BCUT2D eigenvalue weighted by Gasteiger charge is 2.68. The number of benzene rings is 1. The molecule has 4 nitrogen and oxygen atoms in total. The van der Waals surface area contributed by atoms with Crippen molar-refractivity contribution in [2.75, 3.05) is 7.11 Å². The van der Waals surface area contributed by atoms with Gasteiger partial charge in [0, 0.05) is 5.02 Å². The molecule has 0 aromatic heterocycles. The summed E-state index contributed by atoms with van der Waals surface area (Å²) in [6.45, 7) is 14.6. The summed E-state index contributed by atoms with van der Waals surface area (Å²) in [5.41, 5.74) is -0.442. The fourth-order valence-corrected chi connectivity index (χ4v) is 3.46. The van der Waals surface area contributed by atoms with Crippen molar-refractivity contribution in [1.82, 2.24) is 0 Å². The lowest BCUT2D eigenvalue weighted by Crippen LogP contribution is -2.43. The number of hydrogen-bond acceptors (Lipinski definition) is 4. The van der Waals surface area contributed by atoms with Crippen LogP contribution in [0.4, 0.5) is 0 Å². The summed E-state index contributed by atoms with van der Waals surface area (Å²) in [6, 6.07) is 7.19. The van der Waals surface area contributed by atoms with Crippen molar-refractivity contribution in [1.29, 1.82) is 0 Å². The Labute approximate surface area is 149 Å². The van der Waals surface area contributed by atoms with Gasteiger partial charge < -0.3 is 13.9 Å². The summed E-state index contributed by atoms with van der Waals surface area (Å²) in [7, 11) is -0.807. The predicted octanol–water partition coefficient (Wildman–Crippen LogP) is 4.86. The maximum atomic E-state index is 12.4. The van der Waals surface area contributed by atoms with Crippen LogP contribution in [0.5, 0.6) is 0 Å². The van der Waals surface area contributed by atoms with Gasteiger partial charge in [-0.25, -0.2) is 4.79 Å². The Hall–Kier alpha value is -1.30. The number of carbonyl (C=O) groups excluding carboxylic acids is 1. The van der Waals surface area contributed by atoms with Crippen LogP contribution in [0, 0.1) is 0 Å². The molecule has 0 amide bonds. The zero-order chi connectivity index (χ0) is 18.3. The van der Waals surface area contributed by atoms with E-state index in [2.05, 4.69) is 40.4 Å². The number of halogens is 1. The van der Waals surface area contributed by atoms with Crippen LogP contribution in [-0.4, -0.2) is 27.0 Å². The third-order valence-corrected chi connectivity index (χ3v) is 9.50. The van der Waals surface area contributed by atoms with Crippen molar-refractivity contribution in [3.05, 3.63) is 47.2 Å². The second kappa shape index (κ2) is 6.21. The standard InChI is InChI=1S/C18H25ClO4Si/c1-12(23-24(6,7)17(2,3)4)18(16(20)21-5)15(22-18)13-8-10-14(19)11-9-13/h8-11,15H,1H2,2-7H3/t15-,18-/m0/s1. The predicted molar refractivity (Wildman–Crippen MR) is 97.4 cm³/mol. The lowest BCUT2D eigenvalue weighted by Gasteiger charge is -2.37. The van der Waals surface area contributed by atoms with Gasteiger partial charge in [-0.3, -0.25) is 0 Å². The lowest BCUT2D eigenvalue weighted by molar-refractivity contribution is -0.146. The van der Waals surface area contributed by atoms with Crippen LogP contribution in [0.1, 0.15) is 32.4 Å². The second-order valence-corrected chi connectivity index (χ2v) is 12.7. The van der Waals surface area contributed by atoms with E-state index in [4.69, 9.17) is 25.5 Å². The maximum Gasteiger partial charge on any atom is 0.349 e. The number of carbonyl (C=O) groups is 1. The summed E-state index contributed by atoms with van der Waals surface area (Å²) in [6.07, 6.45) is -0.473. The molecule has 0 unspecified atom stereocenters. The quantitative estimate of drug-likeness (QED) is 0.322. The normalized spacial score (nSPS) is 23.5. The smallest absolute Gasteiger partial charge is 0.349 e. The van der Waals surface area contributed by atoms with Crippen molar-refractivity contribution in [2.24, 2.45) is 0 Å². The molecule has 0 radical (unpaired) electrons. The first kappa shape index (κ1) is 19.0. The molecule has 0 saturated carbocycles. The van der Waals surface area contributed by atoms with Crippen molar-refractivity contribution in [2.45, 2.75) is 50.6 Å². The molecule has 2 atom stereocenters. The van der Waals surface area contributed by atoms with Crippen molar-refractivity contribution in [3.8, 4) is 0 Å². The molecular formula is C18H25ClO4Si. The Morgan fingerprint density at radius 1 is 1.29 bits per heavy atom. The molecule has 6 heteroatoms. The van der Waals surface area contributed by atoms with E-state index in [1.807, 2.05) is 12.1 Å². The summed E-state index contributed by atoms with van der Waals surface area (Å²) in [4.78, 5) is 12.4. The van der Waals surface area contributed by atoms with E-state index in [-0.39, 0.29) is 5.04 Å². The molecule has 24 heavy (non-hydrogen) atoms. The van der Waals surface area contributed by atoms with Gasteiger partial charge in [0.1, 0.15) is 11.9 Å². The molecule has 1 aliphatic heterocycles. The van der Waals surface area contributed by atoms with Gasteiger partial charge in [-0.1, -0.05) is 51.1 Å². The Morgan fingerprint density at radius 3 is 2.29 bits per heavy atom. The minimum Gasteiger partial charge on any atom is -0.544 e. The molecule has 2 rings (SSSR count). The Bertz CT molecular complexity index is 648. The molecule has 1 heterocycles. The molecule has 1 aliphatic rings. The highest BCUT2D eigenvalue weighted by Crippen LogP contribution is 2.56. The van der Waals surface area contributed by atoms with E-state index in [0.29, 0.717) is 10.8 Å². The van der Waals surface area contributed by atoms with E-state index in [0.717, 1.165) is 5.56 Å².